The Balaban J connectivity index is 1.55. The number of benzene rings is 1. The Morgan fingerprint density at radius 2 is 1.92 bits per heavy atom. The molecule has 0 fully saturated rings. The van der Waals surface area contributed by atoms with E-state index in [0.717, 1.165) is 23.3 Å². The Hall–Kier alpha value is -1.95. The molecule has 0 radical (unpaired) electrons. The minimum absolute atomic E-state index is 0.0267. The van der Waals surface area contributed by atoms with Crippen molar-refractivity contribution in [2.24, 2.45) is 0 Å². The van der Waals surface area contributed by atoms with Crippen molar-refractivity contribution in [2.75, 3.05) is 6.54 Å². The molecule has 1 unspecified atom stereocenters. The van der Waals surface area contributed by atoms with Crippen LogP contribution in [-0.4, -0.2) is 17.6 Å². The lowest BCUT2D eigenvalue weighted by Gasteiger charge is -2.27. The number of carbonyl (C=O) groups excluding carboxylic acids is 1. The summed E-state index contributed by atoms with van der Waals surface area (Å²) in [6.45, 7) is 0.189. The summed E-state index contributed by atoms with van der Waals surface area (Å²) in [4.78, 5) is 13.0. The number of hydrogen-bond donors (Lipinski definition) is 2. The van der Waals surface area contributed by atoms with Crippen LogP contribution in [0.3, 0.4) is 0 Å². The van der Waals surface area contributed by atoms with Crippen molar-refractivity contribution in [1.82, 2.24) is 5.32 Å². The van der Waals surface area contributed by atoms with Crippen molar-refractivity contribution >= 4 is 28.6 Å². The lowest BCUT2D eigenvalue weighted by Crippen LogP contribution is -2.40. The SMILES string of the molecule is O=C(CCCc1ccccc1)NCC(O)(c1ccsc1)c1cccs1. The number of hydrogen-bond acceptors (Lipinski definition) is 4. The molecule has 2 N–H and O–H groups in total. The topological polar surface area (TPSA) is 49.3 Å². The lowest BCUT2D eigenvalue weighted by molar-refractivity contribution is -0.122. The Morgan fingerprint density at radius 1 is 1.08 bits per heavy atom. The summed E-state index contributed by atoms with van der Waals surface area (Å²) in [5.74, 6) is -0.0267. The molecule has 5 heteroatoms. The molecule has 1 amide bonds. The second-order valence-electron chi connectivity index (χ2n) is 5.97. The molecule has 1 aromatic carbocycles. The number of amides is 1. The highest BCUT2D eigenvalue weighted by Crippen LogP contribution is 2.33. The van der Waals surface area contributed by atoms with Crippen molar-refractivity contribution in [3.05, 3.63) is 80.7 Å². The highest BCUT2D eigenvalue weighted by molar-refractivity contribution is 7.10. The minimum Gasteiger partial charge on any atom is -0.378 e. The van der Waals surface area contributed by atoms with Crippen LogP contribution < -0.4 is 5.32 Å². The van der Waals surface area contributed by atoms with E-state index in [4.69, 9.17) is 0 Å². The van der Waals surface area contributed by atoms with Gasteiger partial charge >= 0.3 is 0 Å². The summed E-state index contributed by atoms with van der Waals surface area (Å²) < 4.78 is 0. The number of aliphatic hydroxyl groups is 1. The van der Waals surface area contributed by atoms with Crippen molar-refractivity contribution in [3.8, 4) is 0 Å². The third-order valence-corrected chi connectivity index (χ3v) is 5.89. The lowest BCUT2D eigenvalue weighted by atomic mass is 9.94. The highest BCUT2D eigenvalue weighted by Gasteiger charge is 2.33. The fraction of sp³-hybridized carbons (Fsp3) is 0.250. The van der Waals surface area contributed by atoms with E-state index < -0.39 is 5.60 Å². The molecule has 3 aromatic rings. The normalized spacial score (nSPS) is 13.3. The second kappa shape index (κ2) is 8.43. The van der Waals surface area contributed by atoms with Crippen molar-refractivity contribution < 1.29 is 9.90 Å². The number of rotatable bonds is 8. The summed E-state index contributed by atoms with van der Waals surface area (Å²) in [6.07, 6.45) is 2.14. The van der Waals surface area contributed by atoms with Gasteiger partial charge in [-0.25, -0.2) is 0 Å². The molecule has 0 saturated carbocycles. The van der Waals surface area contributed by atoms with Crippen molar-refractivity contribution in [3.63, 3.8) is 0 Å². The number of nitrogens with one attached hydrogen (secondary N) is 1. The molecule has 2 heterocycles. The molecule has 2 aromatic heterocycles. The third-order valence-electron chi connectivity index (χ3n) is 4.18. The first-order chi connectivity index (χ1) is 12.2. The molecule has 25 heavy (non-hydrogen) atoms. The summed E-state index contributed by atoms with van der Waals surface area (Å²) in [5, 5.41) is 19.9. The van der Waals surface area contributed by atoms with E-state index in [0.29, 0.717) is 6.42 Å². The van der Waals surface area contributed by atoms with Gasteiger partial charge in [-0.1, -0.05) is 36.4 Å². The molecule has 0 spiro atoms. The van der Waals surface area contributed by atoms with Gasteiger partial charge in [0.1, 0.15) is 5.60 Å². The standard InChI is InChI=1S/C20H21NO2S2/c22-19(10-4-8-16-6-2-1-3-7-16)21-15-20(23,17-11-13-24-14-17)18-9-5-12-25-18/h1-3,5-7,9,11-14,23H,4,8,10,15H2,(H,21,22). The predicted molar refractivity (Wildman–Crippen MR) is 104 cm³/mol. The van der Waals surface area contributed by atoms with Crippen LogP contribution in [0.4, 0.5) is 0 Å². The number of aryl methyl sites for hydroxylation is 1. The van der Waals surface area contributed by atoms with Gasteiger partial charge in [-0.15, -0.1) is 11.3 Å². The Bertz CT molecular complexity index is 733. The van der Waals surface area contributed by atoms with Gasteiger partial charge in [-0.2, -0.15) is 11.3 Å². The monoisotopic (exact) mass is 371 g/mol. The second-order valence-corrected chi connectivity index (χ2v) is 7.69. The van der Waals surface area contributed by atoms with Gasteiger partial charge in [0.15, 0.2) is 0 Å². The van der Waals surface area contributed by atoms with E-state index in [1.807, 2.05) is 52.5 Å². The maximum Gasteiger partial charge on any atom is 0.220 e. The molecule has 3 rings (SSSR count). The van der Waals surface area contributed by atoms with Gasteiger partial charge in [-0.05, 0) is 46.7 Å². The number of carbonyl (C=O) groups is 1. The molecule has 0 aliphatic rings. The van der Waals surface area contributed by atoms with Crippen molar-refractivity contribution in [2.45, 2.75) is 24.9 Å². The first-order valence-electron chi connectivity index (χ1n) is 8.28. The smallest absolute Gasteiger partial charge is 0.220 e. The molecule has 0 bridgehead atoms. The summed E-state index contributed by atoms with van der Waals surface area (Å²) in [7, 11) is 0. The third kappa shape index (κ3) is 4.57. The van der Waals surface area contributed by atoms with E-state index >= 15 is 0 Å². The van der Waals surface area contributed by atoms with Crippen LogP contribution in [0.1, 0.15) is 28.8 Å². The summed E-state index contributed by atoms with van der Waals surface area (Å²) in [6, 6.07) is 15.9. The maximum atomic E-state index is 12.2. The fourth-order valence-corrected chi connectivity index (χ4v) is 4.33. The van der Waals surface area contributed by atoms with E-state index in [1.54, 1.807) is 11.3 Å². The molecule has 130 valence electrons. The van der Waals surface area contributed by atoms with E-state index in [9.17, 15) is 9.90 Å². The van der Waals surface area contributed by atoms with Gasteiger partial charge in [0.05, 0.1) is 6.54 Å². The maximum absolute atomic E-state index is 12.2. The molecular formula is C20H21NO2S2. The highest BCUT2D eigenvalue weighted by atomic mass is 32.1. The van der Waals surface area contributed by atoms with Gasteiger partial charge in [0.2, 0.25) is 5.91 Å². The van der Waals surface area contributed by atoms with Gasteiger partial charge < -0.3 is 10.4 Å². The van der Waals surface area contributed by atoms with Crippen LogP contribution in [0, 0.1) is 0 Å². The molecule has 1 atom stereocenters. The Kier molecular flexibility index (Phi) is 6.02. The Labute approximate surface area is 156 Å². The average Bonchev–Trinajstić information content (AvgIpc) is 3.34. The van der Waals surface area contributed by atoms with E-state index in [-0.39, 0.29) is 12.5 Å². The molecule has 0 aliphatic carbocycles. The Morgan fingerprint density at radius 3 is 2.60 bits per heavy atom. The molecule has 3 nitrogen and oxygen atoms in total. The zero-order chi connectivity index (χ0) is 17.5. The molecular weight excluding hydrogens is 350 g/mol. The van der Waals surface area contributed by atoms with E-state index in [2.05, 4.69) is 17.4 Å². The summed E-state index contributed by atoms with van der Waals surface area (Å²) >= 11 is 3.04. The largest absolute Gasteiger partial charge is 0.378 e. The van der Waals surface area contributed by atoms with Crippen LogP contribution in [0.2, 0.25) is 0 Å². The fourth-order valence-electron chi connectivity index (χ4n) is 2.76. The zero-order valence-corrected chi connectivity index (χ0v) is 15.5. The first-order valence-corrected chi connectivity index (χ1v) is 10.1. The average molecular weight is 372 g/mol. The quantitative estimate of drug-likeness (QED) is 0.624. The van der Waals surface area contributed by atoms with Crippen LogP contribution in [0.15, 0.2) is 64.7 Å². The van der Waals surface area contributed by atoms with Gasteiger partial charge in [0.25, 0.3) is 0 Å². The van der Waals surface area contributed by atoms with Crippen molar-refractivity contribution in [1.29, 1.82) is 0 Å². The van der Waals surface area contributed by atoms with E-state index in [1.165, 1.54) is 16.9 Å². The first kappa shape index (κ1) is 17.9. The van der Waals surface area contributed by atoms with Crippen LogP contribution in [-0.2, 0) is 16.8 Å². The molecule has 0 saturated heterocycles. The van der Waals surface area contributed by atoms with Gasteiger partial charge in [0, 0.05) is 16.9 Å². The summed E-state index contributed by atoms with van der Waals surface area (Å²) in [5.41, 5.74) is 0.900. The molecule has 0 aliphatic heterocycles. The van der Waals surface area contributed by atoms with Crippen LogP contribution in [0.5, 0.6) is 0 Å². The van der Waals surface area contributed by atoms with Crippen LogP contribution >= 0.6 is 22.7 Å². The minimum atomic E-state index is -1.16. The van der Waals surface area contributed by atoms with Crippen LogP contribution in [0.25, 0.3) is 0 Å². The van der Waals surface area contributed by atoms with Gasteiger partial charge in [-0.3, -0.25) is 4.79 Å². The number of thiophene rings is 2. The predicted octanol–water partition coefficient (Wildman–Crippen LogP) is 4.18. The zero-order valence-electron chi connectivity index (χ0n) is 13.9.